The Kier molecular flexibility index (Phi) is 3.59. The van der Waals surface area contributed by atoms with Crippen molar-refractivity contribution in [2.45, 2.75) is 13.3 Å². The second-order valence-corrected chi connectivity index (χ2v) is 4.08. The lowest BCUT2D eigenvalue weighted by molar-refractivity contribution is 0.0600. The third-order valence-electron chi connectivity index (χ3n) is 2.96. The lowest BCUT2D eigenvalue weighted by Crippen LogP contribution is -2.06. The molecule has 1 heterocycles. The van der Waals surface area contributed by atoms with Crippen molar-refractivity contribution in [3.63, 3.8) is 0 Å². The summed E-state index contributed by atoms with van der Waals surface area (Å²) in [5, 5.41) is 0. The molecule has 0 bridgehead atoms. The summed E-state index contributed by atoms with van der Waals surface area (Å²) in [6.45, 7) is 3.45. The third kappa shape index (κ3) is 2.56. The summed E-state index contributed by atoms with van der Waals surface area (Å²) < 4.78 is 9.99. The van der Waals surface area contributed by atoms with E-state index >= 15 is 0 Å². The molecule has 0 aromatic heterocycles. The highest BCUT2D eigenvalue weighted by molar-refractivity contribution is 5.90. The van der Waals surface area contributed by atoms with Crippen LogP contribution in [0.3, 0.4) is 0 Å². The van der Waals surface area contributed by atoms with Gasteiger partial charge in [0, 0.05) is 0 Å². The molecule has 1 aliphatic rings. The number of rotatable bonds is 2. The van der Waals surface area contributed by atoms with Gasteiger partial charge in [-0.05, 0) is 42.2 Å². The lowest BCUT2D eigenvalue weighted by atomic mass is 9.95. The van der Waals surface area contributed by atoms with Gasteiger partial charge in [0.1, 0.15) is 0 Å². The highest BCUT2D eigenvalue weighted by atomic mass is 16.5. The van der Waals surface area contributed by atoms with Crippen LogP contribution in [0.5, 0.6) is 0 Å². The molecule has 0 spiro atoms. The van der Waals surface area contributed by atoms with Gasteiger partial charge in [-0.25, -0.2) is 4.79 Å². The van der Waals surface area contributed by atoms with Gasteiger partial charge < -0.3 is 9.47 Å². The van der Waals surface area contributed by atoms with Crippen LogP contribution in [0.4, 0.5) is 0 Å². The molecule has 2 rings (SSSR count). The fraction of sp³-hybridized carbons (Fsp3) is 0.357. The Morgan fingerprint density at radius 2 is 2.24 bits per heavy atom. The molecular weight excluding hydrogens is 216 g/mol. The molecule has 0 amide bonds. The van der Waals surface area contributed by atoms with Crippen molar-refractivity contribution in [3.05, 3.63) is 41.0 Å². The highest BCUT2D eigenvalue weighted by Gasteiger charge is 2.11. The van der Waals surface area contributed by atoms with E-state index in [0.717, 1.165) is 18.6 Å². The number of carbonyl (C=O) groups is 1. The Labute approximate surface area is 101 Å². The van der Waals surface area contributed by atoms with Crippen LogP contribution in [0, 0.1) is 6.92 Å². The zero-order valence-corrected chi connectivity index (χ0v) is 10.2. The standard InChI is InChI=1S/C14H16O3/c1-10-9-12(14(15)16-2)3-4-13(10)11-5-7-17-8-6-11/h3-5,9H,6-8H2,1-2H3. The van der Waals surface area contributed by atoms with E-state index in [-0.39, 0.29) is 5.97 Å². The van der Waals surface area contributed by atoms with Gasteiger partial charge in [-0.3, -0.25) is 0 Å². The number of methoxy groups -OCH3 is 1. The number of hydrogen-bond donors (Lipinski definition) is 0. The number of aryl methyl sites for hydroxylation is 1. The topological polar surface area (TPSA) is 35.5 Å². The second kappa shape index (κ2) is 5.15. The molecule has 1 aromatic rings. The van der Waals surface area contributed by atoms with Crippen LogP contribution in [0.15, 0.2) is 24.3 Å². The van der Waals surface area contributed by atoms with Crippen molar-refractivity contribution in [1.82, 2.24) is 0 Å². The largest absolute Gasteiger partial charge is 0.465 e. The normalized spacial score (nSPS) is 15.3. The first-order valence-corrected chi connectivity index (χ1v) is 5.68. The summed E-state index contributed by atoms with van der Waals surface area (Å²) in [5.41, 5.74) is 4.19. The number of benzene rings is 1. The molecule has 0 atom stereocenters. The average Bonchev–Trinajstić information content (AvgIpc) is 2.38. The van der Waals surface area contributed by atoms with Crippen molar-refractivity contribution in [3.8, 4) is 0 Å². The molecule has 0 saturated heterocycles. The molecular formula is C14H16O3. The molecule has 1 aliphatic heterocycles. The average molecular weight is 232 g/mol. The quantitative estimate of drug-likeness (QED) is 0.735. The molecule has 3 heteroatoms. The minimum atomic E-state index is -0.291. The summed E-state index contributed by atoms with van der Waals surface area (Å²) in [7, 11) is 1.40. The summed E-state index contributed by atoms with van der Waals surface area (Å²) in [4.78, 5) is 11.4. The first-order chi connectivity index (χ1) is 8.22. The van der Waals surface area contributed by atoms with Crippen LogP contribution in [0.25, 0.3) is 5.57 Å². The predicted molar refractivity (Wildman–Crippen MR) is 65.9 cm³/mol. The molecule has 0 radical (unpaired) electrons. The minimum Gasteiger partial charge on any atom is -0.465 e. The van der Waals surface area contributed by atoms with Crippen LogP contribution in [0.1, 0.15) is 27.9 Å². The van der Waals surface area contributed by atoms with E-state index in [4.69, 9.17) is 9.47 Å². The van der Waals surface area contributed by atoms with E-state index in [2.05, 4.69) is 6.08 Å². The molecule has 90 valence electrons. The predicted octanol–water partition coefficient (Wildman–Crippen LogP) is 2.59. The highest BCUT2D eigenvalue weighted by Crippen LogP contribution is 2.25. The third-order valence-corrected chi connectivity index (χ3v) is 2.96. The van der Waals surface area contributed by atoms with Gasteiger partial charge in [-0.2, -0.15) is 0 Å². The van der Waals surface area contributed by atoms with Gasteiger partial charge in [-0.15, -0.1) is 0 Å². The molecule has 0 saturated carbocycles. The van der Waals surface area contributed by atoms with Gasteiger partial charge in [-0.1, -0.05) is 12.1 Å². The number of esters is 1. The summed E-state index contributed by atoms with van der Waals surface area (Å²) in [6, 6.07) is 5.67. The molecule has 0 N–H and O–H groups in total. The molecule has 0 fully saturated rings. The minimum absolute atomic E-state index is 0.291. The van der Waals surface area contributed by atoms with Crippen LogP contribution in [-0.4, -0.2) is 26.3 Å². The SMILES string of the molecule is COC(=O)c1ccc(C2=CCOCC2)c(C)c1. The van der Waals surface area contributed by atoms with Gasteiger partial charge in [0.15, 0.2) is 0 Å². The Hall–Kier alpha value is -1.61. The van der Waals surface area contributed by atoms with E-state index < -0.39 is 0 Å². The maximum Gasteiger partial charge on any atom is 0.337 e. The zero-order valence-electron chi connectivity index (χ0n) is 10.2. The van der Waals surface area contributed by atoms with Gasteiger partial charge >= 0.3 is 5.97 Å². The summed E-state index contributed by atoms with van der Waals surface area (Å²) in [5.74, 6) is -0.291. The first-order valence-electron chi connectivity index (χ1n) is 5.68. The fourth-order valence-corrected chi connectivity index (χ4v) is 2.04. The Morgan fingerprint density at radius 3 is 2.82 bits per heavy atom. The number of hydrogen-bond acceptors (Lipinski definition) is 3. The molecule has 0 unspecified atom stereocenters. The maximum absolute atomic E-state index is 11.4. The smallest absolute Gasteiger partial charge is 0.337 e. The first kappa shape index (κ1) is 11.9. The number of carbonyl (C=O) groups excluding carboxylic acids is 1. The van der Waals surface area contributed by atoms with Crippen LogP contribution < -0.4 is 0 Å². The Morgan fingerprint density at radius 1 is 1.41 bits per heavy atom. The van der Waals surface area contributed by atoms with Gasteiger partial charge in [0.25, 0.3) is 0 Å². The summed E-state index contributed by atoms with van der Waals surface area (Å²) in [6.07, 6.45) is 3.03. The monoisotopic (exact) mass is 232 g/mol. The summed E-state index contributed by atoms with van der Waals surface area (Å²) >= 11 is 0. The van der Waals surface area contributed by atoms with E-state index in [1.807, 2.05) is 25.1 Å². The Bertz CT molecular complexity index is 461. The molecule has 1 aromatic carbocycles. The van der Waals surface area contributed by atoms with E-state index in [1.54, 1.807) is 0 Å². The molecule has 0 aliphatic carbocycles. The van der Waals surface area contributed by atoms with Crippen molar-refractivity contribution in [2.75, 3.05) is 20.3 Å². The van der Waals surface area contributed by atoms with Gasteiger partial charge in [0.05, 0.1) is 25.9 Å². The zero-order chi connectivity index (χ0) is 12.3. The van der Waals surface area contributed by atoms with E-state index in [9.17, 15) is 4.79 Å². The lowest BCUT2D eigenvalue weighted by Gasteiger charge is -2.16. The van der Waals surface area contributed by atoms with Crippen LogP contribution in [0.2, 0.25) is 0 Å². The van der Waals surface area contributed by atoms with E-state index in [0.29, 0.717) is 12.2 Å². The van der Waals surface area contributed by atoms with Crippen LogP contribution >= 0.6 is 0 Å². The van der Waals surface area contributed by atoms with E-state index in [1.165, 1.54) is 18.2 Å². The Balaban J connectivity index is 2.31. The van der Waals surface area contributed by atoms with Crippen molar-refractivity contribution < 1.29 is 14.3 Å². The van der Waals surface area contributed by atoms with Crippen molar-refractivity contribution in [2.24, 2.45) is 0 Å². The van der Waals surface area contributed by atoms with Crippen molar-refractivity contribution >= 4 is 11.5 Å². The van der Waals surface area contributed by atoms with Gasteiger partial charge in [0.2, 0.25) is 0 Å². The van der Waals surface area contributed by atoms with Crippen molar-refractivity contribution in [1.29, 1.82) is 0 Å². The molecule has 17 heavy (non-hydrogen) atoms. The molecule has 3 nitrogen and oxygen atoms in total. The fourth-order valence-electron chi connectivity index (χ4n) is 2.04. The number of ether oxygens (including phenoxy) is 2. The maximum atomic E-state index is 11.4. The van der Waals surface area contributed by atoms with Crippen LogP contribution in [-0.2, 0) is 9.47 Å². The second-order valence-electron chi connectivity index (χ2n) is 4.08.